The lowest BCUT2D eigenvalue weighted by molar-refractivity contribution is 0.715. The fourth-order valence-electron chi connectivity index (χ4n) is 1.60. The zero-order valence-electron chi connectivity index (χ0n) is 9.64. The average molecular weight is 189 g/mol. The van der Waals surface area contributed by atoms with Gasteiger partial charge >= 0.3 is 0 Å². The molecular weight excluding hydrogens is 168 g/mol. The molecule has 0 N–H and O–H groups in total. The molecule has 0 aromatic heterocycles. The van der Waals surface area contributed by atoms with E-state index in [1.54, 1.807) is 0 Å². The summed E-state index contributed by atoms with van der Waals surface area (Å²) in [7, 11) is 0. The van der Waals surface area contributed by atoms with Crippen LogP contribution in [-0.4, -0.2) is 0 Å². The largest absolute Gasteiger partial charge is 0.0654 e. The van der Waals surface area contributed by atoms with Gasteiger partial charge in [-0.1, -0.05) is 51.8 Å². The van der Waals surface area contributed by atoms with Crippen molar-refractivity contribution in [3.8, 4) is 0 Å². The molecule has 0 saturated heterocycles. The molecule has 1 rings (SSSR count). The molecule has 0 saturated carbocycles. The SMILES string of the molecule is CCCCCc1[c]ccc(C(C)C)c1. The Hall–Kier alpha value is -0.780. The Kier molecular flexibility index (Phi) is 4.72. The minimum absolute atomic E-state index is 0.634. The van der Waals surface area contributed by atoms with Crippen molar-refractivity contribution < 1.29 is 0 Å². The smallest absolute Gasteiger partial charge is 0.0149 e. The van der Waals surface area contributed by atoms with Gasteiger partial charge in [0.25, 0.3) is 0 Å². The highest BCUT2D eigenvalue weighted by Crippen LogP contribution is 2.16. The van der Waals surface area contributed by atoms with Crippen molar-refractivity contribution in [3.05, 3.63) is 35.4 Å². The van der Waals surface area contributed by atoms with Crippen LogP contribution in [0.3, 0.4) is 0 Å². The molecule has 0 amide bonds. The monoisotopic (exact) mass is 189 g/mol. The zero-order valence-corrected chi connectivity index (χ0v) is 9.64. The molecule has 1 aromatic carbocycles. The van der Waals surface area contributed by atoms with Crippen LogP contribution >= 0.6 is 0 Å². The Morgan fingerprint density at radius 1 is 1.29 bits per heavy atom. The standard InChI is InChI=1S/C14H21/c1-4-5-6-8-13-9-7-10-14(11-13)12(2)3/h7,10-12H,4-6,8H2,1-3H3. The first kappa shape index (κ1) is 11.3. The van der Waals surface area contributed by atoms with Crippen LogP contribution in [0.5, 0.6) is 0 Å². The first-order valence-electron chi connectivity index (χ1n) is 5.74. The van der Waals surface area contributed by atoms with E-state index in [4.69, 9.17) is 0 Å². The Balaban J connectivity index is 2.55. The van der Waals surface area contributed by atoms with E-state index in [-0.39, 0.29) is 0 Å². The third-order valence-corrected chi connectivity index (χ3v) is 2.60. The molecule has 0 spiro atoms. The number of unbranched alkanes of at least 4 members (excludes halogenated alkanes) is 2. The van der Waals surface area contributed by atoms with Gasteiger partial charge < -0.3 is 0 Å². The summed E-state index contributed by atoms with van der Waals surface area (Å²) in [6, 6.07) is 9.87. The van der Waals surface area contributed by atoms with Crippen LogP contribution in [-0.2, 0) is 6.42 Å². The summed E-state index contributed by atoms with van der Waals surface area (Å²) in [6.45, 7) is 6.73. The highest BCUT2D eigenvalue weighted by Gasteiger charge is 2.00. The maximum atomic E-state index is 3.32. The van der Waals surface area contributed by atoms with E-state index in [1.807, 2.05) is 0 Å². The van der Waals surface area contributed by atoms with Gasteiger partial charge in [-0.15, -0.1) is 0 Å². The van der Waals surface area contributed by atoms with Crippen molar-refractivity contribution >= 4 is 0 Å². The molecule has 0 nitrogen and oxygen atoms in total. The molecule has 1 radical (unpaired) electrons. The van der Waals surface area contributed by atoms with Gasteiger partial charge in [-0.2, -0.15) is 0 Å². The van der Waals surface area contributed by atoms with Crippen molar-refractivity contribution in [1.29, 1.82) is 0 Å². The van der Waals surface area contributed by atoms with Crippen LogP contribution in [0.2, 0.25) is 0 Å². The number of benzene rings is 1. The lowest BCUT2D eigenvalue weighted by Gasteiger charge is -2.07. The molecule has 14 heavy (non-hydrogen) atoms. The number of hydrogen-bond acceptors (Lipinski definition) is 0. The van der Waals surface area contributed by atoms with Gasteiger partial charge in [0, 0.05) is 0 Å². The summed E-state index contributed by atoms with van der Waals surface area (Å²) in [4.78, 5) is 0. The van der Waals surface area contributed by atoms with Crippen LogP contribution in [0, 0.1) is 6.07 Å². The Bertz CT molecular complexity index is 260. The van der Waals surface area contributed by atoms with Crippen LogP contribution in [0.4, 0.5) is 0 Å². The van der Waals surface area contributed by atoms with E-state index >= 15 is 0 Å². The van der Waals surface area contributed by atoms with Gasteiger partial charge in [0.15, 0.2) is 0 Å². The summed E-state index contributed by atoms with van der Waals surface area (Å²) >= 11 is 0. The summed E-state index contributed by atoms with van der Waals surface area (Å²) in [5.41, 5.74) is 2.82. The maximum absolute atomic E-state index is 3.32. The first-order chi connectivity index (χ1) is 6.74. The van der Waals surface area contributed by atoms with Crippen molar-refractivity contribution in [2.45, 2.75) is 52.4 Å². The molecule has 0 unspecified atom stereocenters. The fourth-order valence-corrected chi connectivity index (χ4v) is 1.60. The van der Waals surface area contributed by atoms with Crippen LogP contribution in [0.1, 0.15) is 57.1 Å². The molecule has 0 atom stereocenters. The fraction of sp³-hybridized carbons (Fsp3) is 0.571. The molecule has 0 bridgehead atoms. The van der Waals surface area contributed by atoms with Gasteiger partial charge in [0.05, 0.1) is 0 Å². The van der Waals surface area contributed by atoms with E-state index in [1.165, 1.54) is 36.8 Å². The summed E-state index contributed by atoms with van der Waals surface area (Å²) < 4.78 is 0. The third-order valence-electron chi connectivity index (χ3n) is 2.60. The van der Waals surface area contributed by atoms with Gasteiger partial charge in [-0.05, 0) is 36.0 Å². The molecule has 77 valence electrons. The lowest BCUT2D eigenvalue weighted by Crippen LogP contribution is -1.91. The molecule has 0 aliphatic heterocycles. The molecule has 0 aliphatic rings. The van der Waals surface area contributed by atoms with Crippen molar-refractivity contribution in [2.24, 2.45) is 0 Å². The normalized spacial score (nSPS) is 10.9. The topological polar surface area (TPSA) is 0 Å². The molecule has 0 heterocycles. The van der Waals surface area contributed by atoms with Crippen LogP contribution in [0.15, 0.2) is 18.2 Å². The second-order valence-corrected chi connectivity index (χ2v) is 4.26. The number of rotatable bonds is 5. The molecular formula is C14H21. The maximum Gasteiger partial charge on any atom is -0.0149 e. The Morgan fingerprint density at radius 2 is 2.07 bits per heavy atom. The minimum atomic E-state index is 0.634. The van der Waals surface area contributed by atoms with E-state index in [2.05, 4.69) is 45.0 Å². The predicted octanol–water partition coefficient (Wildman–Crippen LogP) is 4.34. The average Bonchev–Trinajstić information content (AvgIpc) is 2.19. The summed E-state index contributed by atoms with van der Waals surface area (Å²) in [6.07, 6.45) is 5.12. The van der Waals surface area contributed by atoms with Crippen molar-refractivity contribution in [2.75, 3.05) is 0 Å². The van der Waals surface area contributed by atoms with Gasteiger partial charge in [-0.3, -0.25) is 0 Å². The molecule has 0 aliphatic carbocycles. The van der Waals surface area contributed by atoms with Crippen molar-refractivity contribution in [1.82, 2.24) is 0 Å². The van der Waals surface area contributed by atoms with Crippen LogP contribution in [0.25, 0.3) is 0 Å². The highest BCUT2D eigenvalue weighted by atomic mass is 14.0. The van der Waals surface area contributed by atoms with Crippen molar-refractivity contribution in [3.63, 3.8) is 0 Å². The second kappa shape index (κ2) is 5.85. The third kappa shape index (κ3) is 3.53. The van der Waals surface area contributed by atoms with E-state index in [0.29, 0.717) is 5.92 Å². The minimum Gasteiger partial charge on any atom is -0.0654 e. The Morgan fingerprint density at radius 3 is 2.71 bits per heavy atom. The quantitative estimate of drug-likeness (QED) is 0.604. The number of aryl methyl sites for hydroxylation is 1. The van der Waals surface area contributed by atoms with E-state index in [9.17, 15) is 0 Å². The van der Waals surface area contributed by atoms with Gasteiger partial charge in [0.1, 0.15) is 0 Å². The molecule has 0 heteroatoms. The molecule has 0 fully saturated rings. The van der Waals surface area contributed by atoms with E-state index in [0.717, 1.165) is 0 Å². The zero-order chi connectivity index (χ0) is 10.4. The Labute approximate surface area is 88.4 Å². The van der Waals surface area contributed by atoms with E-state index < -0.39 is 0 Å². The molecule has 1 aromatic rings. The van der Waals surface area contributed by atoms with Gasteiger partial charge in [-0.25, -0.2) is 0 Å². The first-order valence-corrected chi connectivity index (χ1v) is 5.74. The van der Waals surface area contributed by atoms with Gasteiger partial charge in [0.2, 0.25) is 0 Å². The van der Waals surface area contributed by atoms with Crippen LogP contribution < -0.4 is 0 Å². The predicted molar refractivity (Wildman–Crippen MR) is 62.6 cm³/mol. The second-order valence-electron chi connectivity index (χ2n) is 4.26. The highest BCUT2D eigenvalue weighted by molar-refractivity contribution is 5.24. The summed E-state index contributed by atoms with van der Waals surface area (Å²) in [5, 5.41) is 0. The lowest BCUT2D eigenvalue weighted by atomic mass is 9.98. The number of hydrogen-bond donors (Lipinski definition) is 0. The summed E-state index contributed by atoms with van der Waals surface area (Å²) in [5.74, 6) is 0.634.